The van der Waals surface area contributed by atoms with Gasteiger partial charge in [-0.2, -0.15) is 0 Å². The summed E-state index contributed by atoms with van der Waals surface area (Å²) in [5.41, 5.74) is 0.983. The Morgan fingerprint density at radius 1 is 0.800 bits per heavy atom. The van der Waals surface area contributed by atoms with E-state index in [1.54, 1.807) is 0 Å². The van der Waals surface area contributed by atoms with Crippen molar-refractivity contribution in [1.82, 2.24) is 0 Å². The number of aliphatic hydroxyl groups excluding tert-OH is 1. The van der Waals surface area contributed by atoms with Gasteiger partial charge in [0.25, 0.3) is 0 Å². The molecule has 0 aliphatic heterocycles. The van der Waals surface area contributed by atoms with Gasteiger partial charge in [0.05, 0.1) is 6.10 Å². The summed E-state index contributed by atoms with van der Waals surface area (Å²) >= 11 is 0. The van der Waals surface area contributed by atoms with E-state index in [0.717, 1.165) is 55.9 Å². The molecule has 0 aliphatic rings. The van der Waals surface area contributed by atoms with Crippen LogP contribution in [-0.2, 0) is 4.57 Å². The van der Waals surface area contributed by atoms with Gasteiger partial charge in [-0.1, -0.05) is 74.9 Å². The summed E-state index contributed by atoms with van der Waals surface area (Å²) in [6, 6.07) is 14.3. The summed E-state index contributed by atoms with van der Waals surface area (Å²) in [5, 5.41) is 12.7. The van der Waals surface area contributed by atoms with Gasteiger partial charge in [0.1, 0.15) is 0 Å². The van der Waals surface area contributed by atoms with Crippen LogP contribution >= 0.6 is 7.60 Å². The van der Waals surface area contributed by atoms with E-state index in [1.807, 2.05) is 18.2 Å². The highest BCUT2D eigenvalue weighted by molar-refractivity contribution is 7.51. The molecule has 2 aromatic rings. The molecular weight excluding hydrogens is 335 g/mol. The zero-order valence-corrected chi connectivity index (χ0v) is 15.6. The first-order valence-corrected chi connectivity index (χ1v) is 11.0. The molecule has 0 saturated carbocycles. The molecule has 0 fully saturated rings. The topological polar surface area (TPSA) is 77.8 Å². The lowest BCUT2D eigenvalue weighted by atomic mass is 9.99. The summed E-state index contributed by atoms with van der Waals surface area (Å²) in [4.78, 5) is 17.6. The number of aliphatic hydroxyl groups is 1. The van der Waals surface area contributed by atoms with E-state index >= 15 is 0 Å². The van der Waals surface area contributed by atoms with Crippen LogP contribution in [0.15, 0.2) is 42.5 Å². The minimum absolute atomic E-state index is 0.00491. The van der Waals surface area contributed by atoms with E-state index < -0.39 is 13.7 Å². The van der Waals surface area contributed by atoms with Gasteiger partial charge in [-0.3, -0.25) is 4.57 Å². The van der Waals surface area contributed by atoms with Crippen LogP contribution in [0, 0.1) is 0 Å². The molecule has 0 amide bonds. The van der Waals surface area contributed by atoms with Gasteiger partial charge < -0.3 is 14.9 Å². The molecule has 2 aromatic carbocycles. The lowest BCUT2D eigenvalue weighted by Crippen LogP contribution is -1.97. The minimum Gasteiger partial charge on any atom is -0.388 e. The molecule has 0 spiro atoms. The third-order valence-electron chi connectivity index (χ3n) is 4.59. The zero-order chi connectivity index (χ0) is 18.1. The summed E-state index contributed by atoms with van der Waals surface area (Å²) in [7, 11) is -3.82. The Morgan fingerprint density at radius 3 is 2.08 bits per heavy atom. The van der Waals surface area contributed by atoms with Gasteiger partial charge in [0.15, 0.2) is 0 Å². The molecule has 0 aromatic heterocycles. The van der Waals surface area contributed by atoms with E-state index in [2.05, 4.69) is 24.3 Å². The molecule has 0 bridgehead atoms. The van der Waals surface area contributed by atoms with E-state index in [-0.39, 0.29) is 6.16 Å². The van der Waals surface area contributed by atoms with Crippen molar-refractivity contribution >= 4 is 18.4 Å². The van der Waals surface area contributed by atoms with Crippen LogP contribution in [0.3, 0.4) is 0 Å². The predicted molar refractivity (Wildman–Crippen MR) is 103 cm³/mol. The lowest BCUT2D eigenvalue weighted by Gasteiger charge is -2.12. The van der Waals surface area contributed by atoms with Crippen molar-refractivity contribution < 1.29 is 19.5 Å². The van der Waals surface area contributed by atoms with Gasteiger partial charge in [0.2, 0.25) is 0 Å². The fraction of sp³-hybridized carbons (Fsp3) is 0.500. The van der Waals surface area contributed by atoms with Crippen molar-refractivity contribution in [2.75, 3.05) is 6.16 Å². The zero-order valence-electron chi connectivity index (χ0n) is 14.7. The number of hydrogen-bond acceptors (Lipinski definition) is 2. The van der Waals surface area contributed by atoms with Gasteiger partial charge in [-0.15, -0.1) is 0 Å². The fourth-order valence-electron chi connectivity index (χ4n) is 3.12. The minimum atomic E-state index is -3.82. The van der Waals surface area contributed by atoms with Crippen molar-refractivity contribution in [3.63, 3.8) is 0 Å². The highest BCUT2D eigenvalue weighted by Crippen LogP contribution is 2.35. The second-order valence-electron chi connectivity index (χ2n) is 6.77. The van der Waals surface area contributed by atoms with Crippen molar-refractivity contribution in [2.24, 2.45) is 0 Å². The van der Waals surface area contributed by atoms with Crippen LogP contribution in [0.25, 0.3) is 10.8 Å². The molecule has 1 unspecified atom stereocenters. The molecule has 0 aliphatic carbocycles. The number of benzene rings is 2. The van der Waals surface area contributed by atoms with Crippen LogP contribution in [-0.4, -0.2) is 21.1 Å². The summed E-state index contributed by atoms with van der Waals surface area (Å²) in [5.74, 6) is 0. The number of unbranched alkanes of at least 4 members (excludes halogenated alkanes) is 6. The smallest absolute Gasteiger partial charge is 0.325 e. The number of fused-ring (bicyclic) bond motifs is 1. The van der Waals surface area contributed by atoms with Crippen LogP contribution < -0.4 is 0 Å². The van der Waals surface area contributed by atoms with Gasteiger partial charge in [-0.25, -0.2) is 0 Å². The van der Waals surface area contributed by atoms with Crippen LogP contribution in [0.4, 0.5) is 0 Å². The molecule has 0 heterocycles. The molecule has 1 atom stereocenters. The summed E-state index contributed by atoms with van der Waals surface area (Å²) in [6.07, 6.45) is 7.16. The Labute approximate surface area is 150 Å². The molecule has 25 heavy (non-hydrogen) atoms. The molecule has 138 valence electrons. The van der Waals surface area contributed by atoms with Crippen LogP contribution in [0.2, 0.25) is 0 Å². The SMILES string of the molecule is O=P(O)(O)CCCCCCCCCC(O)c1ccc2ccccc2c1. The standard InChI is InChI=1S/C20H29O4P/c21-20(19-14-13-17-10-7-8-11-18(17)16-19)12-6-4-2-1-3-5-9-15-25(22,23)24/h7-8,10-11,13-14,16,20-21H,1-6,9,12,15H2,(H2,22,23,24). The predicted octanol–water partition coefficient (Wildman–Crippen LogP) is 5.17. The van der Waals surface area contributed by atoms with Crippen molar-refractivity contribution in [3.05, 3.63) is 48.0 Å². The third-order valence-corrected chi connectivity index (χ3v) is 5.48. The first-order chi connectivity index (χ1) is 12.0. The first kappa shape index (κ1) is 20.1. The van der Waals surface area contributed by atoms with E-state index in [4.69, 9.17) is 9.79 Å². The van der Waals surface area contributed by atoms with E-state index in [0.29, 0.717) is 6.42 Å². The van der Waals surface area contributed by atoms with Gasteiger partial charge in [-0.05, 0) is 35.2 Å². The average molecular weight is 364 g/mol. The average Bonchev–Trinajstić information content (AvgIpc) is 2.58. The number of rotatable bonds is 11. The Hall–Kier alpha value is -1.19. The lowest BCUT2D eigenvalue weighted by molar-refractivity contribution is 0.163. The van der Waals surface area contributed by atoms with Crippen molar-refractivity contribution in [3.8, 4) is 0 Å². The molecule has 3 N–H and O–H groups in total. The largest absolute Gasteiger partial charge is 0.388 e. The molecular formula is C20H29O4P. The summed E-state index contributed by atoms with van der Waals surface area (Å²) < 4.78 is 10.7. The highest BCUT2D eigenvalue weighted by Gasteiger charge is 2.11. The summed E-state index contributed by atoms with van der Waals surface area (Å²) in [6.45, 7) is 0. The van der Waals surface area contributed by atoms with E-state index in [9.17, 15) is 9.67 Å². The van der Waals surface area contributed by atoms with Gasteiger partial charge in [0, 0.05) is 6.16 Å². The molecule has 4 nitrogen and oxygen atoms in total. The Bertz CT molecular complexity index is 695. The molecule has 0 radical (unpaired) electrons. The van der Waals surface area contributed by atoms with Crippen molar-refractivity contribution in [2.45, 2.75) is 57.5 Å². The third kappa shape index (κ3) is 7.70. The molecule has 2 rings (SSSR count). The first-order valence-electron chi connectivity index (χ1n) is 9.17. The Kier molecular flexibility index (Phi) is 8.11. The highest BCUT2D eigenvalue weighted by atomic mass is 31.2. The second-order valence-corrected chi connectivity index (χ2v) is 8.55. The normalized spacial score (nSPS) is 13.2. The second kappa shape index (κ2) is 10.1. The van der Waals surface area contributed by atoms with Crippen LogP contribution in [0.1, 0.15) is 63.0 Å². The van der Waals surface area contributed by atoms with Gasteiger partial charge >= 0.3 is 7.60 Å². The maximum atomic E-state index is 10.7. The Balaban J connectivity index is 1.59. The van der Waals surface area contributed by atoms with Crippen molar-refractivity contribution in [1.29, 1.82) is 0 Å². The maximum absolute atomic E-state index is 10.7. The Morgan fingerprint density at radius 2 is 1.40 bits per heavy atom. The number of hydrogen-bond donors (Lipinski definition) is 3. The van der Waals surface area contributed by atoms with Crippen LogP contribution in [0.5, 0.6) is 0 Å². The molecule has 0 saturated heterocycles. The van der Waals surface area contributed by atoms with E-state index in [1.165, 1.54) is 5.39 Å². The maximum Gasteiger partial charge on any atom is 0.325 e. The molecule has 5 heteroatoms. The quantitative estimate of drug-likeness (QED) is 0.380. The monoisotopic (exact) mass is 364 g/mol. The fourth-order valence-corrected chi connectivity index (χ4v) is 3.76.